The first-order chi connectivity index (χ1) is 6.74. The van der Waals surface area contributed by atoms with Crippen molar-refractivity contribution in [2.24, 2.45) is 4.99 Å². The van der Waals surface area contributed by atoms with Gasteiger partial charge >= 0.3 is 0 Å². The van der Waals surface area contributed by atoms with Crippen molar-refractivity contribution >= 4 is 5.71 Å². The molecule has 0 radical (unpaired) electrons. The molecular weight excluding hydrogens is 188 g/mol. The molecule has 4 N–H and O–H groups in total. The average molecular weight is 198 g/mol. The number of aliphatic hydroxyl groups is 3. The van der Waals surface area contributed by atoms with Crippen LogP contribution >= 0.6 is 0 Å². The van der Waals surface area contributed by atoms with Crippen LogP contribution < -0.4 is 5.53 Å². The Kier molecular flexibility index (Phi) is 2.12. The lowest BCUT2D eigenvalue weighted by Crippen LogP contribution is -2.41. The van der Waals surface area contributed by atoms with E-state index in [4.69, 9.17) is 10.2 Å². The summed E-state index contributed by atoms with van der Waals surface area (Å²) in [5.74, 6) is 0.342. The van der Waals surface area contributed by atoms with Crippen LogP contribution in [0.2, 0.25) is 0 Å². The van der Waals surface area contributed by atoms with Gasteiger partial charge in [0.15, 0.2) is 5.82 Å². The number of fused-ring (bicyclic) bond motifs is 1. The SMILES string of the molecule is OCC1=NC2=CN(CO)NN2C(O)=C1. The molecule has 0 spiro atoms. The van der Waals surface area contributed by atoms with E-state index in [1.54, 1.807) is 0 Å². The van der Waals surface area contributed by atoms with Crippen LogP contribution in [0.15, 0.2) is 29.0 Å². The molecular formula is C7H10N4O3. The van der Waals surface area contributed by atoms with E-state index in [1.165, 1.54) is 22.3 Å². The first-order valence-electron chi connectivity index (χ1n) is 3.99. The maximum atomic E-state index is 9.48. The summed E-state index contributed by atoms with van der Waals surface area (Å²) in [6, 6.07) is 0. The first-order valence-corrected chi connectivity index (χ1v) is 3.99. The average Bonchev–Trinajstić information content (AvgIpc) is 2.61. The normalized spacial score (nSPS) is 20.3. The van der Waals surface area contributed by atoms with Gasteiger partial charge in [-0.1, -0.05) is 0 Å². The minimum Gasteiger partial charge on any atom is -0.493 e. The lowest BCUT2D eigenvalue weighted by Gasteiger charge is -2.23. The molecule has 0 aliphatic carbocycles. The molecule has 0 aromatic carbocycles. The molecule has 2 aliphatic rings. The van der Waals surface area contributed by atoms with E-state index in [-0.39, 0.29) is 19.2 Å². The predicted molar refractivity (Wildman–Crippen MR) is 47.2 cm³/mol. The third-order valence-electron chi connectivity index (χ3n) is 1.83. The second-order valence-corrected chi connectivity index (χ2v) is 2.80. The minimum absolute atomic E-state index is 0.0775. The lowest BCUT2D eigenvalue weighted by atomic mass is 10.3. The van der Waals surface area contributed by atoms with Crippen LogP contribution in [0.1, 0.15) is 0 Å². The van der Waals surface area contributed by atoms with Gasteiger partial charge in [0.05, 0.1) is 18.5 Å². The third-order valence-corrected chi connectivity index (χ3v) is 1.83. The molecule has 0 atom stereocenters. The highest BCUT2D eigenvalue weighted by atomic mass is 16.3. The molecule has 0 bridgehead atoms. The molecule has 7 heteroatoms. The smallest absolute Gasteiger partial charge is 0.211 e. The molecule has 0 unspecified atom stereocenters. The summed E-state index contributed by atoms with van der Waals surface area (Å²) >= 11 is 0. The molecule has 7 nitrogen and oxygen atoms in total. The number of rotatable bonds is 2. The topological polar surface area (TPSA) is 91.6 Å². The number of hydrazine groups is 2. The van der Waals surface area contributed by atoms with Crippen molar-refractivity contribution in [2.45, 2.75) is 0 Å². The van der Waals surface area contributed by atoms with Gasteiger partial charge in [0.25, 0.3) is 0 Å². The zero-order valence-electron chi connectivity index (χ0n) is 7.25. The van der Waals surface area contributed by atoms with Gasteiger partial charge < -0.3 is 15.3 Å². The molecule has 14 heavy (non-hydrogen) atoms. The van der Waals surface area contributed by atoms with E-state index >= 15 is 0 Å². The largest absolute Gasteiger partial charge is 0.493 e. The maximum Gasteiger partial charge on any atom is 0.211 e. The van der Waals surface area contributed by atoms with Gasteiger partial charge in [-0.15, -0.1) is 5.53 Å². The van der Waals surface area contributed by atoms with Gasteiger partial charge in [-0.3, -0.25) is 5.01 Å². The number of hydrogen-bond acceptors (Lipinski definition) is 7. The molecule has 0 saturated heterocycles. The monoisotopic (exact) mass is 198 g/mol. The van der Waals surface area contributed by atoms with Crippen LogP contribution in [-0.4, -0.2) is 44.4 Å². The van der Waals surface area contributed by atoms with Gasteiger partial charge in [-0.05, 0) is 0 Å². The van der Waals surface area contributed by atoms with Crippen molar-refractivity contribution in [1.29, 1.82) is 0 Å². The molecule has 2 rings (SSSR count). The van der Waals surface area contributed by atoms with Gasteiger partial charge in [0.2, 0.25) is 5.88 Å². The number of aliphatic imine (C=N–C) groups is 1. The van der Waals surface area contributed by atoms with Crippen LogP contribution in [0.5, 0.6) is 0 Å². The molecule has 0 amide bonds. The highest BCUT2D eigenvalue weighted by molar-refractivity contribution is 5.97. The Morgan fingerprint density at radius 2 is 2.21 bits per heavy atom. The standard InChI is InChI=1S/C7H10N4O3/c12-3-5-1-7(14)11-6(8-5)2-10(4-13)9-11/h1-2,9,12-14H,3-4H2. The van der Waals surface area contributed by atoms with Crippen molar-refractivity contribution in [3.63, 3.8) is 0 Å². The summed E-state index contributed by atoms with van der Waals surface area (Å²) in [6.45, 7) is -0.481. The Bertz CT molecular complexity index is 336. The maximum absolute atomic E-state index is 9.48. The zero-order chi connectivity index (χ0) is 10.1. The van der Waals surface area contributed by atoms with Crippen molar-refractivity contribution in [2.75, 3.05) is 13.3 Å². The molecule has 2 aliphatic heterocycles. The number of aliphatic hydroxyl groups excluding tert-OH is 3. The highest BCUT2D eigenvalue weighted by Gasteiger charge is 2.26. The molecule has 0 saturated carbocycles. The Morgan fingerprint density at radius 3 is 2.86 bits per heavy atom. The van der Waals surface area contributed by atoms with E-state index in [1.807, 2.05) is 0 Å². The Morgan fingerprint density at radius 1 is 1.43 bits per heavy atom. The quantitative estimate of drug-likeness (QED) is 0.437. The zero-order valence-corrected chi connectivity index (χ0v) is 7.25. The second kappa shape index (κ2) is 3.29. The van der Waals surface area contributed by atoms with Crippen LogP contribution in [0, 0.1) is 0 Å². The number of hydrogen-bond donors (Lipinski definition) is 4. The van der Waals surface area contributed by atoms with Crippen molar-refractivity contribution in [3.8, 4) is 0 Å². The Labute approximate surface area is 79.8 Å². The summed E-state index contributed by atoms with van der Waals surface area (Å²) in [6.07, 6.45) is 2.85. The Balaban J connectivity index is 2.27. The molecule has 0 fully saturated rings. The summed E-state index contributed by atoms with van der Waals surface area (Å²) in [7, 11) is 0. The Hall–Kier alpha value is -1.57. The molecule has 0 aromatic heterocycles. The van der Waals surface area contributed by atoms with Crippen molar-refractivity contribution in [1.82, 2.24) is 15.6 Å². The number of nitrogens with zero attached hydrogens (tertiary/aromatic N) is 3. The van der Waals surface area contributed by atoms with Gasteiger partial charge in [-0.2, -0.15) is 0 Å². The highest BCUT2D eigenvalue weighted by Crippen LogP contribution is 2.20. The molecule has 2 heterocycles. The molecule has 76 valence electrons. The van der Waals surface area contributed by atoms with Crippen LogP contribution in [-0.2, 0) is 0 Å². The fourth-order valence-corrected chi connectivity index (χ4v) is 1.20. The van der Waals surface area contributed by atoms with Gasteiger partial charge in [-0.25, -0.2) is 10.0 Å². The van der Waals surface area contributed by atoms with Gasteiger partial charge in [0.1, 0.15) is 6.73 Å². The predicted octanol–water partition coefficient (Wildman–Crippen LogP) is -1.38. The van der Waals surface area contributed by atoms with E-state index in [9.17, 15) is 5.11 Å². The lowest BCUT2D eigenvalue weighted by molar-refractivity contribution is 0.0430. The van der Waals surface area contributed by atoms with Crippen LogP contribution in [0.25, 0.3) is 0 Å². The first kappa shape index (κ1) is 9.00. The summed E-state index contributed by atoms with van der Waals surface area (Å²) in [5.41, 5.74) is 3.02. The minimum atomic E-state index is -0.242. The van der Waals surface area contributed by atoms with E-state index in [2.05, 4.69) is 10.5 Å². The van der Waals surface area contributed by atoms with Crippen LogP contribution in [0.3, 0.4) is 0 Å². The van der Waals surface area contributed by atoms with Crippen molar-refractivity contribution in [3.05, 3.63) is 24.0 Å². The van der Waals surface area contributed by atoms with Crippen molar-refractivity contribution < 1.29 is 15.3 Å². The third kappa shape index (κ3) is 1.33. The fraction of sp³-hybridized carbons (Fsp3) is 0.286. The fourth-order valence-electron chi connectivity index (χ4n) is 1.20. The summed E-state index contributed by atoms with van der Waals surface area (Å²) in [5, 5.41) is 29.8. The second-order valence-electron chi connectivity index (χ2n) is 2.80. The van der Waals surface area contributed by atoms with E-state index in [0.717, 1.165) is 0 Å². The van der Waals surface area contributed by atoms with E-state index < -0.39 is 0 Å². The van der Waals surface area contributed by atoms with E-state index in [0.29, 0.717) is 11.5 Å². The van der Waals surface area contributed by atoms with Crippen LogP contribution in [0.4, 0.5) is 0 Å². The summed E-state index contributed by atoms with van der Waals surface area (Å²) < 4.78 is 0. The number of nitrogens with one attached hydrogen (secondary N) is 1. The molecule has 0 aromatic rings. The van der Waals surface area contributed by atoms with Gasteiger partial charge in [0, 0.05) is 6.08 Å². The summed E-state index contributed by atoms with van der Waals surface area (Å²) in [4.78, 5) is 4.01.